The lowest BCUT2D eigenvalue weighted by atomic mass is 10.1. The number of phenols is 1. The Bertz CT molecular complexity index is 376. The van der Waals surface area contributed by atoms with Crippen LogP contribution in [0.5, 0.6) is 5.75 Å². The highest BCUT2D eigenvalue weighted by Crippen LogP contribution is 2.30. The number of aliphatic hydroxyl groups is 1. The van der Waals surface area contributed by atoms with Crippen LogP contribution in [0.1, 0.15) is 6.92 Å². The first-order valence-electron chi connectivity index (χ1n) is 4.69. The van der Waals surface area contributed by atoms with Gasteiger partial charge in [0.2, 0.25) is 0 Å². The highest BCUT2D eigenvalue weighted by atomic mass is 32.2. The van der Waals surface area contributed by atoms with Gasteiger partial charge >= 0.3 is 5.97 Å². The van der Waals surface area contributed by atoms with Gasteiger partial charge in [0.15, 0.2) is 5.60 Å². The predicted octanol–water partition coefficient (Wildman–Crippen LogP) is 1.41. The number of aromatic hydroxyl groups is 1. The maximum absolute atomic E-state index is 11.2. The van der Waals surface area contributed by atoms with Crippen LogP contribution in [0, 0.1) is 0 Å². The normalized spacial score (nSPS) is 14.2. The number of methoxy groups -OCH3 is 1. The van der Waals surface area contributed by atoms with Crippen molar-refractivity contribution < 1.29 is 19.7 Å². The summed E-state index contributed by atoms with van der Waals surface area (Å²) in [5.41, 5.74) is -1.55. The third kappa shape index (κ3) is 3.15. The van der Waals surface area contributed by atoms with Gasteiger partial charge in [-0.15, -0.1) is 11.8 Å². The van der Waals surface area contributed by atoms with Crippen molar-refractivity contribution >= 4 is 17.7 Å². The molecule has 0 saturated heterocycles. The average Bonchev–Trinajstić information content (AvgIpc) is 2.27. The van der Waals surface area contributed by atoms with E-state index in [1.807, 2.05) is 0 Å². The number of para-hydroxylation sites is 1. The molecule has 0 aliphatic carbocycles. The number of phenolic OH excluding ortho intramolecular Hbond substituents is 1. The van der Waals surface area contributed by atoms with Crippen molar-refractivity contribution in [3.05, 3.63) is 24.3 Å². The maximum atomic E-state index is 11.2. The molecule has 1 atom stereocenters. The van der Waals surface area contributed by atoms with Crippen molar-refractivity contribution in [3.63, 3.8) is 0 Å². The first-order chi connectivity index (χ1) is 7.47. The van der Waals surface area contributed by atoms with E-state index < -0.39 is 11.6 Å². The first kappa shape index (κ1) is 12.9. The number of hydrogen-bond acceptors (Lipinski definition) is 5. The Balaban J connectivity index is 2.65. The SMILES string of the molecule is COC(=O)C(C)(O)CSc1ccccc1O. The molecule has 0 spiro atoms. The molecule has 2 N–H and O–H groups in total. The van der Waals surface area contributed by atoms with Gasteiger partial charge < -0.3 is 14.9 Å². The molecular formula is C11H14O4S. The maximum Gasteiger partial charge on any atom is 0.338 e. The van der Waals surface area contributed by atoms with Gasteiger partial charge in [0.25, 0.3) is 0 Å². The van der Waals surface area contributed by atoms with Crippen LogP contribution < -0.4 is 0 Å². The molecule has 4 nitrogen and oxygen atoms in total. The smallest absolute Gasteiger partial charge is 0.338 e. The molecular weight excluding hydrogens is 228 g/mol. The lowest BCUT2D eigenvalue weighted by molar-refractivity contribution is -0.158. The van der Waals surface area contributed by atoms with E-state index in [-0.39, 0.29) is 11.5 Å². The molecule has 88 valence electrons. The molecule has 0 amide bonds. The molecule has 1 unspecified atom stereocenters. The summed E-state index contributed by atoms with van der Waals surface area (Å²) in [7, 11) is 1.22. The van der Waals surface area contributed by atoms with Gasteiger partial charge in [-0.2, -0.15) is 0 Å². The summed E-state index contributed by atoms with van der Waals surface area (Å²) in [5, 5.41) is 19.2. The van der Waals surface area contributed by atoms with Gasteiger partial charge in [0.05, 0.1) is 7.11 Å². The second-order valence-corrected chi connectivity index (χ2v) is 4.54. The van der Waals surface area contributed by atoms with E-state index in [1.165, 1.54) is 25.8 Å². The molecule has 0 aromatic heterocycles. The summed E-state index contributed by atoms with van der Waals surface area (Å²) in [5.74, 6) is -0.430. The summed E-state index contributed by atoms with van der Waals surface area (Å²) < 4.78 is 4.47. The van der Waals surface area contributed by atoms with Crippen molar-refractivity contribution in [2.75, 3.05) is 12.9 Å². The Kier molecular flexibility index (Phi) is 4.20. The molecule has 0 bridgehead atoms. The predicted molar refractivity (Wildman–Crippen MR) is 61.5 cm³/mol. The van der Waals surface area contributed by atoms with Crippen molar-refractivity contribution in [2.24, 2.45) is 0 Å². The number of carbonyl (C=O) groups is 1. The quantitative estimate of drug-likeness (QED) is 0.617. The molecule has 0 fully saturated rings. The monoisotopic (exact) mass is 242 g/mol. The molecule has 0 radical (unpaired) electrons. The highest BCUT2D eigenvalue weighted by molar-refractivity contribution is 7.99. The molecule has 1 aromatic rings. The third-order valence-electron chi connectivity index (χ3n) is 2.00. The van der Waals surface area contributed by atoms with Crippen LogP contribution in [0.15, 0.2) is 29.2 Å². The second kappa shape index (κ2) is 5.23. The minimum Gasteiger partial charge on any atom is -0.507 e. The van der Waals surface area contributed by atoms with Crippen LogP contribution in [0.3, 0.4) is 0 Å². The van der Waals surface area contributed by atoms with Crippen molar-refractivity contribution in [1.29, 1.82) is 0 Å². The molecule has 1 aromatic carbocycles. The van der Waals surface area contributed by atoms with E-state index in [0.29, 0.717) is 4.90 Å². The highest BCUT2D eigenvalue weighted by Gasteiger charge is 2.31. The number of esters is 1. The van der Waals surface area contributed by atoms with Crippen LogP contribution in [0.2, 0.25) is 0 Å². The fourth-order valence-corrected chi connectivity index (χ4v) is 2.02. The molecule has 5 heteroatoms. The Labute approximate surface area is 98.2 Å². The van der Waals surface area contributed by atoms with Crippen LogP contribution in [0.4, 0.5) is 0 Å². The summed E-state index contributed by atoms with van der Waals surface area (Å²) in [6, 6.07) is 6.75. The Morgan fingerprint density at radius 3 is 2.69 bits per heavy atom. The van der Waals surface area contributed by atoms with Gasteiger partial charge in [0, 0.05) is 10.6 Å². The Morgan fingerprint density at radius 1 is 1.50 bits per heavy atom. The van der Waals surface area contributed by atoms with Crippen LogP contribution in [-0.2, 0) is 9.53 Å². The van der Waals surface area contributed by atoms with E-state index in [9.17, 15) is 15.0 Å². The van der Waals surface area contributed by atoms with E-state index in [0.717, 1.165) is 0 Å². The van der Waals surface area contributed by atoms with E-state index in [1.54, 1.807) is 24.3 Å². The van der Waals surface area contributed by atoms with E-state index in [4.69, 9.17) is 0 Å². The minimum atomic E-state index is -1.55. The van der Waals surface area contributed by atoms with Crippen molar-refractivity contribution in [3.8, 4) is 5.75 Å². The van der Waals surface area contributed by atoms with Gasteiger partial charge in [0.1, 0.15) is 5.75 Å². The summed E-state index contributed by atoms with van der Waals surface area (Å²) in [4.78, 5) is 11.8. The molecule has 0 saturated carbocycles. The molecule has 0 aliphatic heterocycles. The number of thioether (sulfide) groups is 1. The van der Waals surface area contributed by atoms with Gasteiger partial charge in [-0.25, -0.2) is 4.79 Å². The summed E-state index contributed by atoms with van der Waals surface area (Å²) in [6.07, 6.45) is 0. The van der Waals surface area contributed by atoms with E-state index in [2.05, 4.69) is 4.74 Å². The fourth-order valence-electron chi connectivity index (χ4n) is 1.08. The van der Waals surface area contributed by atoms with Gasteiger partial charge in [-0.3, -0.25) is 0 Å². The van der Waals surface area contributed by atoms with Crippen molar-refractivity contribution in [1.82, 2.24) is 0 Å². The third-order valence-corrected chi connectivity index (χ3v) is 3.36. The minimum absolute atomic E-state index is 0.122. The van der Waals surface area contributed by atoms with Gasteiger partial charge in [-0.1, -0.05) is 12.1 Å². The van der Waals surface area contributed by atoms with Crippen molar-refractivity contribution in [2.45, 2.75) is 17.4 Å². The average molecular weight is 242 g/mol. The first-order valence-corrected chi connectivity index (χ1v) is 5.67. The Morgan fingerprint density at radius 2 is 2.12 bits per heavy atom. The second-order valence-electron chi connectivity index (χ2n) is 3.52. The van der Waals surface area contributed by atoms with Gasteiger partial charge in [-0.05, 0) is 19.1 Å². The van der Waals surface area contributed by atoms with Crippen LogP contribution >= 0.6 is 11.8 Å². The lowest BCUT2D eigenvalue weighted by Gasteiger charge is -2.19. The number of rotatable bonds is 4. The molecule has 0 heterocycles. The standard InChI is InChI=1S/C11H14O4S/c1-11(14,10(13)15-2)7-16-9-6-4-3-5-8(9)12/h3-6,12,14H,7H2,1-2H3. The number of ether oxygens (including phenoxy) is 1. The number of carbonyl (C=O) groups excluding carboxylic acids is 1. The van der Waals surface area contributed by atoms with E-state index >= 15 is 0 Å². The molecule has 16 heavy (non-hydrogen) atoms. The zero-order chi connectivity index (χ0) is 12.2. The Hall–Kier alpha value is -1.20. The lowest BCUT2D eigenvalue weighted by Crippen LogP contribution is -2.38. The van der Waals surface area contributed by atoms with Crippen LogP contribution in [-0.4, -0.2) is 34.6 Å². The summed E-state index contributed by atoms with van der Waals surface area (Å²) in [6.45, 7) is 1.38. The molecule has 1 rings (SSSR count). The largest absolute Gasteiger partial charge is 0.507 e. The van der Waals surface area contributed by atoms with Crippen LogP contribution in [0.25, 0.3) is 0 Å². The summed E-state index contributed by atoms with van der Waals surface area (Å²) >= 11 is 1.20. The topological polar surface area (TPSA) is 66.8 Å². The zero-order valence-corrected chi connectivity index (χ0v) is 9.95. The number of benzene rings is 1. The molecule has 0 aliphatic rings. The fraction of sp³-hybridized carbons (Fsp3) is 0.364. The number of hydrogen-bond donors (Lipinski definition) is 2. The zero-order valence-electron chi connectivity index (χ0n) is 9.14.